The Morgan fingerprint density at radius 3 is 1.70 bits per heavy atom. The topological polar surface area (TPSA) is 139 Å². The van der Waals surface area contributed by atoms with Crippen molar-refractivity contribution < 1.29 is 14.6 Å². The summed E-state index contributed by atoms with van der Waals surface area (Å²) in [4.78, 5) is 27.5. The van der Waals surface area contributed by atoms with Crippen molar-refractivity contribution in [3.8, 4) is 45.4 Å². The average molecular weight is 620 g/mol. The molecule has 0 aliphatic carbocycles. The van der Waals surface area contributed by atoms with Crippen LogP contribution in [-0.2, 0) is 0 Å². The van der Waals surface area contributed by atoms with Gasteiger partial charge in [-0.1, -0.05) is 59.6 Å². The van der Waals surface area contributed by atoms with Crippen molar-refractivity contribution in [3.05, 3.63) is 70.2 Å². The van der Waals surface area contributed by atoms with Crippen LogP contribution in [0.3, 0.4) is 0 Å². The third-order valence-corrected chi connectivity index (χ3v) is 7.91. The Hall–Kier alpha value is -4.32. The third-order valence-electron chi connectivity index (χ3n) is 7.09. The van der Waals surface area contributed by atoms with E-state index >= 15 is 0 Å². The van der Waals surface area contributed by atoms with Gasteiger partial charge in [-0.25, -0.2) is 19.9 Å². The minimum absolute atomic E-state index is 0.0367. The number of benzene rings is 2. The molecule has 0 unspecified atom stereocenters. The Balaban J connectivity index is 1.35. The van der Waals surface area contributed by atoms with E-state index in [2.05, 4.69) is 35.6 Å². The zero-order valence-electron chi connectivity index (χ0n) is 23.6. The molecule has 6 rings (SSSR count). The van der Waals surface area contributed by atoms with Gasteiger partial charge in [0.1, 0.15) is 0 Å². The number of hydrogen-bond donors (Lipinski definition) is 3. The smallest absolute Gasteiger partial charge is 0.244 e. The molecule has 0 bridgehead atoms. The van der Waals surface area contributed by atoms with Gasteiger partial charge in [0.15, 0.2) is 23.1 Å². The van der Waals surface area contributed by atoms with Crippen LogP contribution >= 0.6 is 23.2 Å². The molecular weight excluding hydrogens is 591 g/mol. The minimum atomic E-state index is -0.166. The standard InChI is InChI=1S/C30H28Cl2N8O3/c1-15-10-35-27(37-15)25-29(42-2)39-21(12-33-25)19-8-4-6-17(23(19)31)18-7-5-9-20(24(18)32)22-13-34-26(30(40-22)43-3)28-36-11-16(14-41)38-28/h4-9,12-13,15-16,41H,10-11,14H2,1-3H3,(H,35,37)(H,36,38)/t15-,16+/m0/s1. The predicted molar refractivity (Wildman–Crippen MR) is 166 cm³/mol. The summed E-state index contributed by atoms with van der Waals surface area (Å²) in [5.74, 6) is 1.81. The lowest BCUT2D eigenvalue weighted by Gasteiger charge is -2.15. The Morgan fingerprint density at radius 2 is 1.26 bits per heavy atom. The van der Waals surface area contributed by atoms with Gasteiger partial charge < -0.3 is 25.2 Å². The van der Waals surface area contributed by atoms with E-state index in [4.69, 9.17) is 37.7 Å². The predicted octanol–water partition coefficient (Wildman–Crippen LogP) is 4.04. The van der Waals surface area contributed by atoms with E-state index in [-0.39, 0.29) is 24.6 Å². The summed E-state index contributed by atoms with van der Waals surface area (Å²) >= 11 is 14.0. The Labute approximate surface area is 258 Å². The molecule has 0 spiro atoms. The van der Waals surface area contributed by atoms with Crippen LogP contribution in [0.4, 0.5) is 0 Å². The Morgan fingerprint density at radius 1 is 0.767 bits per heavy atom. The molecule has 3 N–H and O–H groups in total. The van der Waals surface area contributed by atoms with Gasteiger partial charge in [-0.15, -0.1) is 0 Å². The number of methoxy groups -OCH3 is 2. The van der Waals surface area contributed by atoms with Crippen molar-refractivity contribution in [1.29, 1.82) is 0 Å². The number of aliphatic hydroxyl groups excluding tert-OH is 1. The van der Waals surface area contributed by atoms with Gasteiger partial charge in [-0.3, -0.25) is 9.98 Å². The fraction of sp³-hybridized carbons (Fsp3) is 0.267. The molecule has 0 fully saturated rings. The maximum absolute atomic E-state index is 9.44. The molecule has 2 aliphatic rings. The summed E-state index contributed by atoms with van der Waals surface area (Å²) in [6.45, 7) is 3.12. The molecule has 0 amide bonds. The van der Waals surface area contributed by atoms with Crippen molar-refractivity contribution >= 4 is 34.9 Å². The summed E-state index contributed by atoms with van der Waals surface area (Å²) in [6, 6.07) is 11.3. The first-order valence-corrected chi connectivity index (χ1v) is 14.3. The van der Waals surface area contributed by atoms with Crippen molar-refractivity contribution in [2.45, 2.75) is 19.0 Å². The molecular formula is C30H28Cl2N8O3. The van der Waals surface area contributed by atoms with Crippen molar-refractivity contribution in [2.24, 2.45) is 9.98 Å². The van der Waals surface area contributed by atoms with Gasteiger partial charge in [-0.2, -0.15) is 0 Å². The molecule has 2 aromatic carbocycles. The van der Waals surface area contributed by atoms with Crippen LogP contribution in [-0.4, -0.2) is 82.7 Å². The van der Waals surface area contributed by atoms with Crippen molar-refractivity contribution in [3.63, 3.8) is 0 Å². The lowest BCUT2D eigenvalue weighted by atomic mass is 9.98. The Kier molecular flexibility index (Phi) is 8.11. The summed E-state index contributed by atoms with van der Waals surface area (Å²) in [5, 5.41) is 16.8. The van der Waals surface area contributed by atoms with Crippen LogP contribution in [0.5, 0.6) is 11.8 Å². The SMILES string of the molecule is COc1nc(-c2cccc(-c3cccc(-c4cnc(C5=NC[C@H](C)N5)c(OC)n4)c3Cl)c2Cl)cnc1C1=NC[C@H](CO)N1. The van der Waals surface area contributed by atoms with Crippen LogP contribution in [0.15, 0.2) is 58.8 Å². The summed E-state index contributed by atoms with van der Waals surface area (Å²) in [5.41, 5.74) is 4.80. The molecule has 11 nitrogen and oxygen atoms in total. The fourth-order valence-electron chi connectivity index (χ4n) is 4.92. The fourth-order valence-corrected chi connectivity index (χ4v) is 5.57. The maximum Gasteiger partial charge on any atom is 0.244 e. The molecule has 13 heteroatoms. The lowest BCUT2D eigenvalue weighted by molar-refractivity contribution is 0.263. The van der Waals surface area contributed by atoms with Crippen LogP contribution in [0.2, 0.25) is 10.0 Å². The van der Waals surface area contributed by atoms with Gasteiger partial charge >= 0.3 is 0 Å². The number of amidine groups is 2. The van der Waals surface area contributed by atoms with Gasteiger partial charge in [-0.05, 0) is 6.92 Å². The molecule has 4 aromatic rings. The minimum Gasteiger partial charge on any atom is -0.479 e. The van der Waals surface area contributed by atoms with Gasteiger partial charge in [0.25, 0.3) is 0 Å². The summed E-state index contributed by atoms with van der Waals surface area (Å²) in [6.07, 6.45) is 3.27. The summed E-state index contributed by atoms with van der Waals surface area (Å²) in [7, 11) is 3.07. The van der Waals surface area contributed by atoms with Crippen LogP contribution in [0, 0.1) is 0 Å². The first-order chi connectivity index (χ1) is 20.9. The highest BCUT2D eigenvalue weighted by atomic mass is 35.5. The molecule has 43 heavy (non-hydrogen) atoms. The zero-order valence-corrected chi connectivity index (χ0v) is 25.1. The van der Waals surface area contributed by atoms with Crippen LogP contribution in [0.1, 0.15) is 18.3 Å². The van der Waals surface area contributed by atoms with Gasteiger partial charge in [0.2, 0.25) is 11.8 Å². The monoisotopic (exact) mass is 618 g/mol. The number of nitrogens with zero attached hydrogens (tertiary/aromatic N) is 6. The molecule has 2 aliphatic heterocycles. The quantitative estimate of drug-likeness (QED) is 0.267. The van der Waals surface area contributed by atoms with Crippen LogP contribution < -0.4 is 20.1 Å². The van der Waals surface area contributed by atoms with E-state index in [1.165, 1.54) is 7.11 Å². The van der Waals surface area contributed by atoms with E-state index in [0.717, 1.165) is 0 Å². The first-order valence-electron chi connectivity index (χ1n) is 13.6. The largest absolute Gasteiger partial charge is 0.479 e. The van der Waals surface area contributed by atoms with Crippen molar-refractivity contribution in [1.82, 2.24) is 30.6 Å². The molecule has 220 valence electrons. The number of aliphatic hydroxyl groups is 1. The van der Waals surface area contributed by atoms with Crippen molar-refractivity contribution in [2.75, 3.05) is 33.9 Å². The highest BCUT2D eigenvalue weighted by molar-refractivity contribution is 6.39. The summed E-state index contributed by atoms with van der Waals surface area (Å²) < 4.78 is 11.1. The lowest BCUT2D eigenvalue weighted by Crippen LogP contribution is -2.34. The van der Waals surface area contributed by atoms with E-state index in [0.29, 0.717) is 85.7 Å². The highest BCUT2D eigenvalue weighted by Crippen LogP contribution is 2.42. The van der Waals surface area contributed by atoms with Crippen LogP contribution in [0.25, 0.3) is 33.6 Å². The maximum atomic E-state index is 9.44. The number of nitrogens with one attached hydrogen (secondary N) is 2. The normalized spacial score (nSPS) is 17.6. The molecule has 0 radical (unpaired) electrons. The molecule has 0 saturated heterocycles. The van der Waals surface area contributed by atoms with Gasteiger partial charge in [0.05, 0.1) is 73.8 Å². The van der Waals surface area contributed by atoms with E-state index in [1.54, 1.807) is 19.5 Å². The van der Waals surface area contributed by atoms with Gasteiger partial charge in [0, 0.05) is 28.3 Å². The molecule has 2 aromatic heterocycles. The third kappa shape index (κ3) is 5.47. The highest BCUT2D eigenvalue weighted by Gasteiger charge is 2.25. The molecule has 2 atom stereocenters. The zero-order chi connectivity index (χ0) is 30.1. The molecule has 0 saturated carbocycles. The first kappa shape index (κ1) is 28.8. The van der Waals surface area contributed by atoms with E-state index < -0.39 is 0 Å². The second-order valence-corrected chi connectivity index (χ2v) is 10.8. The number of halogens is 2. The number of rotatable bonds is 8. The second kappa shape index (κ2) is 12.1. The number of hydrogen-bond acceptors (Lipinski definition) is 11. The number of aliphatic imine (C=N–C) groups is 2. The number of ether oxygens (including phenoxy) is 2. The van der Waals surface area contributed by atoms with E-state index in [1.807, 2.05) is 43.3 Å². The molecule has 4 heterocycles. The Bertz CT molecular complexity index is 1760. The second-order valence-electron chi connectivity index (χ2n) is 10.0. The van der Waals surface area contributed by atoms with E-state index in [9.17, 15) is 5.11 Å². The number of aromatic nitrogens is 4. The average Bonchev–Trinajstić information content (AvgIpc) is 3.70.